The van der Waals surface area contributed by atoms with E-state index in [2.05, 4.69) is 11.3 Å². The first-order chi connectivity index (χ1) is 8.70. The zero-order valence-electron chi connectivity index (χ0n) is 11.4. The van der Waals surface area contributed by atoms with Gasteiger partial charge in [0.2, 0.25) is 0 Å². The predicted molar refractivity (Wildman–Crippen MR) is 76.7 cm³/mol. The molecule has 0 atom stereocenters. The molecule has 0 amide bonds. The van der Waals surface area contributed by atoms with E-state index >= 15 is 0 Å². The van der Waals surface area contributed by atoms with Gasteiger partial charge in [-0.05, 0) is 0 Å². The van der Waals surface area contributed by atoms with E-state index in [4.69, 9.17) is 4.43 Å². The van der Waals surface area contributed by atoms with E-state index < -0.39 is 39.4 Å². The summed E-state index contributed by atoms with van der Waals surface area (Å²) in [7, 11) is -12.4. The Morgan fingerprint density at radius 2 is 1.30 bits per heavy atom. The lowest BCUT2D eigenvalue weighted by atomic mass is 10.5. The largest absolute Gasteiger partial charge is 0.626 e. The van der Waals surface area contributed by atoms with Gasteiger partial charge in [-0.3, -0.25) is 0 Å². The molecule has 0 bridgehead atoms. The highest BCUT2D eigenvalue weighted by Crippen LogP contribution is 2.28. The van der Waals surface area contributed by atoms with Gasteiger partial charge in [0.15, 0.2) is 27.9 Å². The van der Waals surface area contributed by atoms with Gasteiger partial charge in [0, 0.05) is 24.8 Å². The van der Waals surface area contributed by atoms with Crippen molar-refractivity contribution in [3.05, 3.63) is 24.7 Å². The minimum Gasteiger partial charge on any atom is -0.511 e. The number of hydrogen-bond acceptors (Lipinski definition) is 8. The maximum Gasteiger partial charge on any atom is 0.626 e. The highest BCUT2D eigenvalue weighted by Gasteiger charge is 2.70. The zero-order chi connectivity index (χ0) is 16.4. The molecule has 0 aliphatic rings. The van der Waals surface area contributed by atoms with Gasteiger partial charge < -0.3 is 9.16 Å². The van der Waals surface area contributed by atoms with E-state index in [1.807, 2.05) is 0 Å². The second-order valence-corrected chi connectivity index (χ2v) is 23.9. The molecule has 0 saturated carbocycles. The Labute approximate surface area is 118 Å². The summed E-state index contributed by atoms with van der Waals surface area (Å²) in [5.41, 5.74) is 0. The van der Waals surface area contributed by atoms with Crippen LogP contribution in [0.15, 0.2) is 24.7 Å². The van der Waals surface area contributed by atoms with Crippen molar-refractivity contribution in [2.24, 2.45) is 0 Å². The molecule has 0 radical (unpaired) electrons. The second kappa shape index (κ2) is 5.87. The van der Waals surface area contributed by atoms with Crippen LogP contribution in [0, 0.1) is 0 Å². The fraction of sp³-hybridized carbons (Fsp3) is 0.500. The number of ether oxygens (including phenoxy) is 1. The first kappa shape index (κ1) is 19.1. The maximum absolute atomic E-state index is 11.8. The van der Waals surface area contributed by atoms with Crippen LogP contribution < -0.4 is 0 Å². The average Bonchev–Trinajstić information content (AvgIpc) is 2.17. The fourth-order valence-electron chi connectivity index (χ4n) is 1.39. The van der Waals surface area contributed by atoms with E-state index in [9.17, 15) is 25.3 Å². The molecule has 0 aromatic carbocycles. The summed E-state index contributed by atoms with van der Waals surface area (Å²) < 4.78 is 80.4. The lowest BCUT2D eigenvalue weighted by Gasteiger charge is -2.25. The first-order valence-corrected chi connectivity index (χ1v) is 14.6. The van der Waals surface area contributed by atoms with Crippen molar-refractivity contribution in [2.45, 2.75) is 0 Å². The molecular weight excluding hydrogens is 348 g/mol. The summed E-state index contributed by atoms with van der Waals surface area (Å²) in [4.78, 5) is 0. The van der Waals surface area contributed by atoms with Gasteiger partial charge >= 0.3 is 5.77 Å². The number of methoxy groups -OCH3 is 1. The molecule has 0 fully saturated rings. The summed E-state index contributed by atoms with van der Waals surface area (Å²) in [5, 5.41) is 0. The highest BCUT2D eigenvalue weighted by atomic mass is 32.8. The lowest BCUT2D eigenvalue weighted by molar-refractivity contribution is 0.334. The molecule has 0 unspecified atom stereocenters. The molecule has 118 valence electrons. The number of rotatable bonds is 7. The number of hydrogen-bond donors (Lipinski definition) is 0. The molecule has 0 aromatic heterocycles. The molecule has 0 aliphatic carbocycles. The van der Waals surface area contributed by atoms with Crippen molar-refractivity contribution in [1.82, 2.24) is 0 Å². The standard InChI is InChI=1S/C8H16O8S3Si/c1-8(6-7-15-2)16-20(17(3,9)10,18(4,11)12)19(5,13)14/h6-7H,1H2,2-5H3/b7-6+. The Kier molecular flexibility index (Phi) is 5.62. The van der Waals surface area contributed by atoms with E-state index in [-0.39, 0.29) is 0 Å². The first-order valence-electron chi connectivity index (χ1n) is 4.86. The normalized spacial score (nSPS) is 14.2. The third-order valence-corrected chi connectivity index (χ3v) is 30.5. The molecule has 0 spiro atoms. The van der Waals surface area contributed by atoms with Gasteiger partial charge in [0.1, 0.15) is 5.76 Å². The molecule has 8 nitrogen and oxygen atoms in total. The van der Waals surface area contributed by atoms with E-state index in [0.717, 1.165) is 12.3 Å². The molecule has 12 heteroatoms. The van der Waals surface area contributed by atoms with E-state index in [1.54, 1.807) is 0 Å². The molecule has 0 N–H and O–H groups in total. The smallest absolute Gasteiger partial charge is 0.511 e. The summed E-state index contributed by atoms with van der Waals surface area (Å²) in [6.45, 7) is 3.27. The van der Waals surface area contributed by atoms with Gasteiger partial charge in [0.25, 0.3) is 0 Å². The van der Waals surface area contributed by atoms with Crippen LogP contribution in [0.2, 0.25) is 0 Å². The van der Waals surface area contributed by atoms with Crippen LogP contribution in [0.4, 0.5) is 0 Å². The molecule has 0 rings (SSSR count). The Hall–Kier alpha value is -0.853. The van der Waals surface area contributed by atoms with Crippen LogP contribution >= 0.6 is 0 Å². The van der Waals surface area contributed by atoms with Crippen LogP contribution in [-0.2, 0) is 37.0 Å². The second-order valence-electron chi connectivity index (χ2n) is 3.92. The Bertz CT molecular complexity index is 635. The van der Waals surface area contributed by atoms with Crippen molar-refractivity contribution < 1.29 is 34.4 Å². The van der Waals surface area contributed by atoms with Gasteiger partial charge in [-0.2, -0.15) is 0 Å². The minimum atomic E-state index is -5.30. The third kappa shape index (κ3) is 3.62. The Morgan fingerprint density at radius 3 is 1.55 bits per heavy atom. The lowest BCUT2D eigenvalue weighted by Crippen LogP contribution is -2.59. The van der Waals surface area contributed by atoms with Crippen LogP contribution in [0.1, 0.15) is 0 Å². The Morgan fingerprint density at radius 1 is 0.950 bits per heavy atom. The van der Waals surface area contributed by atoms with Crippen molar-refractivity contribution in [1.29, 1.82) is 0 Å². The molecule has 0 saturated heterocycles. The monoisotopic (exact) mass is 364 g/mol. The summed E-state index contributed by atoms with van der Waals surface area (Å²) >= 11 is 0. The van der Waals surface area contributed by atoms with Crippen molar-refractivity contribution in [3.8, 4) is 0 Å². The topological polar surface area (TPSA) is 121 Å². The van der Waals surface area contributed by atoms with Gasteiger partial charge in [-0.25, -0.2) is 25.3 Å². The molecule has 0 aliphatic heterocycles. The molecule has 0 aromatic rings. The molecular formula is C8H16O8S3Si. The summed E-state index contributed by atoms with van der Waals surface area (Å²) in [5.74, 6) is -5.75. The quantitative estimate of drug-likeness (QED) is 0.328. The van der Waals surface area contributed by atoms with Gasteiger partial charge in [-0.1, -0.05) is 6.58 Å². The van der Waals surface area contributed by atoms with Crippen LogP contribution in [-0.4, -0.2) is 56.9 Å². The fourth-order valence-corrected chi connectivity index (χ4v) is 26.0. The van der Waals surface area contributed by atoms with Crippen LogP contribution in [0.3, 0.4) is 0 Å². The predicted octanol–water partition coefficient (Wildman–Crippen LogP) is -0.754. The van der Waals surface area contributed by atoms with Gasteiger partial charge in [0.05, 0.1) is 13.4 Å². The van der Waals surface area contributed by atoms with Crippen LogP contribution in [0.25, 0.3) is 0 Å². The number of allylic oxidation sites excluding steroid dienone is 1. The minimum absolute atomic E-state index is 0.445. The Balaban J connectivity index is 6.39. The van der Waals surface area contributed by atoms with Gasteiger partial charge in [-0.15, -0.1) is 0 Å². The average molecular weight is 364 g/mol. The summed E-state index contributed by atoms with van der Waals surface area (Å²) in [6, 6.07) is 0. The van der Waals surface area contributed by atoms with Crippen LogP contribution in [0.5, 0.6) is 0 Å². The maximum atomic E-state index is 11.8. The highest BCUT2D eigenvalue weighted by molar-refractivity contribution is 8.72. The third-order valence-electron chi connectivity index (χ3n) is 2.01. The van der Waals surface area contributed by atoms with E-state index in [1.165, 1.54) is 7.11 Å². The summed E-state index contributed by atoms with van der Waals surface area (Å²) in [6.07, 6.45) is 3.58. The van der Waals surface area contributed by atoms with Crippen molar-refractivity contribution in [2.75, 3.05) is 25.9 Å². The van der Waals surface area contributed by atoms with Crippen molar-refractivity contribution in [3.63, 3.8) is 0 Å². The van der Waals surface area contributed by atoms with E-state index in [0.29, 0.717) is 18.8 Å². The molecule has 0 heterocycles. The SMILES string of the molecule is C=C(/C=C/OC)O[Si](S(C)(=O)=O)(S(C)(=O)=O)S(C)(=O)=O. The molecule has 20 heavy (non-hydrogen) atoms. The van der Waals surface area contributed by atoms with Crippen molar-refractivity contribution >= 4 is 33.6 Å². The zero-order valence-corrected chi connectivity index (χ0v) is 14.8.